The zero-order valence-electron chi connectivity index (χ0n) is 9.96. The predicted molar refractivity (Wildman–Crippen MR) is 74.7 cm³/mol. The van der Waals surface area contributed by atoms with Crippen molar-refractivity contribution in [1.29, 1.82) is 0 Å². The lowest BCUT2D eigenvalue weighted by Crippen LogP contribution is -1.99. The average molecular weight is 348 g/mol. The van der Waals surface area contributed by atoms with Gasteiger partial charge in [-0.15, -0.1) is 11.6 Å². The third-order valence-corrected chi connectivity index (χ3v) is 3.87. The second-order valence-corrected chi connectivity index (χ2v) is 5.21. The van der Waals surface area contributed by atoms with Crippen LogP contribution >= 0.6 is 27.5 Å². The minimum Gasteiger partial charge on any atom is -0.497 e. The number of rotatable bonds is 3. The molecular formula is C14H10BrClF2O. The molecule has 0 fully saturated rings. The van der Waals surface area contributed by atoms with Gasteiger partial charge in [0.2, 0.25) is 0 Å². The molecule has 19 heavy (non-hydrogen) atoms. The van der Waals surface area contributed by atoms with Gasteiger partial charge in [-0.3, -0.25) is 0 Å². The predicted octanol–water partition coefficient (Wildman–Crippen LogP) is 5.06. The van der Waals surface area contributed by atoms with Gasteiger partial charge >= 0.3 is 0 Å². The Morgan fingerprint density at radius 2 is 1.79 bits per heavy atom. The summed E-state index contributed by atoms with van der Waals surface area (Å²) in [5.74, 6) is -0.624. The molecule has 0 amide bonds. The first kappa shape index (κ1) is 14.3. The molecule has 0 aliphatic carbocycles. The van der Waals surface area contributed by atoms with Crippen LogP contribution in [0.5, 0.6) is 5.75 Å². The molecule has 0 aromatic heterocycles. The van der Waals surface area contributed by atoms with Crippen molar-refractivity contribution >= 4 is 27.5 Å². The first-order valence-electron chi connectivity index (χ1n) is 5.45. The van der Waals surface area contributed by atoms with E-state index in [1.807, 2.05) is 0 Å². The van der Waals surface area contributed by atoms with Gasteiger partial charge in [-0.25, -0.2) is 8.78 Å². The van der Waals surface area contributed by atoms with Gasteiger partial charge < -0.3 is 4.74 Å². The van der Waals surface area contributed by atoms with E-state index in [0.717, 1.165) is 6.07 Å². The molecule has 0 radical (unpaired) electrons. The molecule has 0 aliphatic rings. The molecule has 2 rings (SSSR count). The van der Waals surface area contributed by atoms with Crippen LogP contribution in [0.2, 0.25) is 0 Å². The van der Waals surface area contributed by atoms with Crippen LogP contribution in [0.1, 0.15) is 16.5 Å². The van der Waals surface area contributed by atoms with Crippen LogP contribution in [0.25, 0.3) is 0 Å². The molecule has 0 saturated heterocycles. The molecule has 0 saturated carbocycles. The van der Waals surface area contributed by atoms with E-state index in [1.165, 1.54) is 12.1 Å². The van der Waals surface area contributed by atoms with Crippen LogP contribution < -0.4 is 4.74 Å². The average Bonchev–Trinajstić information content (AvgIpc) is 2.37. The number of hydrogen-bond acceptors (Lipinski definition) is 1. The zero-order chi connectivity index (χ0) is 14.0. The number of ether oxygens (including phenoxy) is 1. The highest BCUT2D eigenvalue weighted by Gasteiger charge is 2.18. The molecule has 0 N–H and O–H groups in total. The molecule has 5 heteroatoms. The standard InChI is InChI=1S/C14H10BrClF2O/c1-19-9-3-5-10(12(15)7-9)14(16)11-4-2-8(17)6-13(11)18/h2-7,14H,1H3. The molecule has 1 nitrogen and oxygen atoms in total. The van der Waals surface area contributed by atoms with E-state index in [1.54, 1.807) is 25.3 Å². The molecule has 0 spiro atoms. The van der Waals surface area contributed by atoms with Crippen LogP contribution in [-0.2, 0) is 0 Å². The Hall–Kier alpha value is -1.13. The lowest BCUT2D eigenvalue weighted by molar-refractivity contribution is 0.414. The number of alkyl halides is 1. The van der Waals surface area contributed by atoms with Crippen molar-refractivity contribution < 1.29 is 13.5 Å². The molecule has 100 valence electrons. The van der Waals surface area contributed by atoms with Crippen molar-refractivity contribution in [2.75, 3.05) is 7.11 Å². The number of benzene rings is 2. The van der Waals surface area contributed by atoms with Gasteiger partial charge in [0.05, 0.1) is 12.5 Å². The summed E-state index contributed by atoms with van der Waals surface area (Å²) in [5.41, 5.74) is 0.918. The first-order valence-corrected chi connectivity index (χ1v) is 6.68. The zero-order valence-corrected chi connectivity index (χ0v) is 12.3. The maximum absolute atomic E-state index is 13.7. The quantitative estimate of drug-likeness (QED) is 0.705. The van der Waals surface area contributed by atoms with Crippen LogP contribution in [0, 0.1) is 11.6 Å². The van der Waals surface area contributed by atoms with E-state index in [4.69, 9.17) is 16.3 Å². The minimum atomic E-state index is -0.708. The Bertz CT molecular complexity index is 604. The summed E-state index contributed by atoms with van der Waals surface area (Å²) < 4.78 is 32.4. The van der Waals surface area contributed by atoms with Gasteiger partial charge in [-0.05, 0) is 23.8 Å². The smallest absolute Gasteiger partial charge is 0.131 e. The van der Waals surface area contributed by atoms with Gasteiger partial charge in [0.15, 0.2) is 0 Å². The highest BCUT2D eigenvalue weighted by Crippen LogP contribution is 2.36. The largest absolute Gasteiger partial charge is 0.497 e. The van der Waals surface area contributed by atoms with Gasteiger partial charge in [0.1, 0.15) is 17.4 Å². The molecule has 1 atom stereocenters. The van der Waals surface area contributed by atoms with Crippen molar-refractivity contribution in [3.63, 3.8) is 0 Å². The van der Waals surface area contributed by atoms with Gasteiger partial charge in [0, 0.05) is 16.1 Å². The van der Waals surface area contributed by atoms with Crippen molar-refractivity contribution in [3.8, 4) is 5.75 Å². The summed E-state index contributed by atoms with van der Waals surface area (Å²) >= 11 is 9.62. The van der Waals surface area contributed by atoms with Crippen molar-refractivity contribution in [2.24, 2.45) is 0 Å². The van der Waals surface area contributed by atoms with E-state index in [2.05, 4.69) is 15.9 Å². The number of halogens is 4. The number of hydrogen-bond donors (Lipinski definition) is 0. The molecule has 1 unspecified atom stereocenters. The lowest BCUT2D eigenvalue weighted by Gasteiger charge is -2.14. The van der Waals surface area contributed by atoms with Crippen LogP contribution in [-0.4, -0.2) is 7.11 Å². The minimum absolute atomic E-state index is 0.230. The van der Waals surface area contributed by atoms with E-state index in [9.17, 15) is 8.78 Å². The van der Waals surface area contributed by atoms with Gasteiger partial charge in [-0.1, -0.05) is 28.1 Å². The Morgan fingerprint density at radius 1 is 1.11 bits per heavy atom. The monoisotopic (exact) mass is 346 g/mol. The lowest BCUT2D eigenvalue weighted by atomic mass is 10.0. The maximum atomic E-state index is 13.7. The van der Waals surface area contributed by atoms with Crippen LogP contribution in [0.3, 0.4) is 0 Å². The molecular weight excluding hydrogens is 338 g/mol. The van der Waals surface area contributed by atoms with E-state index in [-0.39, 0.29) is 5.56 Å². The van der Waals surface area contributed by atoms with Gasteiger partial charge in [-0.2, -0.15) is 0 Å². The summed E-state index contributed by atoms with van der Waals surface area (Å²) in [6.45, 7) is 0. The maximum Gasteiger partial charge on any atom is 0.131 e. The Morgan fingerprint density at radius 3 is 2.37 bits per heavy atom. The second-order valence-electron chi connectivity index (χ2n) is 3.92. The highest BCUT2D eigenvalue weighted by atomic mass is 79.9. The first-order chi connectivity index (χ1) is 9.02. The van der Waals surface area contributed by atoms with Crippen molar-refractivity contribution in [2.45, 2.75) is 5.38 Å². The molecule has 0 aliphatic heterocycles. The number of methoxy groups -OCH3 is 1. The highest BCUT2D eigenvalue weighted by molar-refractivity contribution is 9.10. The Kier molecular flexibility index (Phi) is 4.42. The molecule has 2 aromatic carbocycles. The normalized spacial score (nSPS) is 12.3. The Labute approximate surface area is 123 Å². The van der Waals surface area contributed by atoms with Crippen LogP contribution in [0.4, 0.5) is 8.78 Å². The van der Waals surface area contributed by atoms with E-state index < -0.39 is 17.0 Å². The van der Waals surface area contributed by atoms with Gasteiger partial charge in [0.25, 0.3) is 0 Å². The van der Waals surface area contributed by atoms with Crippen molar-refractivity contribution in [3.05, 3.63) is 63.6 Å². The fourth-order valence-electron chi connectivity index (χ4n) is 1.71. The topological polar surface area (TPSA) is 9.23 Å². The fourth-order valence-corrected chi connectivity index (χ4v) is 2.80. The third kappa shape index (κ3) is 3.07. The SMILES string of the molecule is COc1ccc(C(Cl)c2ccc(F)cc2F)c(Br)c1. The summed E-state index contributed by atoms with van der Waals surface area (Å²) in [7, 11) is 1.55. The Balaban J connectivity index is 2.41. The third-order valence-electron chi connectivity index (χ3n) is 2.72. The summed E-state index contributed by atoms with van der Waals surface area (Å²) in [6, 6.07) is 8.57. The van der Waals surface area contributed by atoms with E-state index >= 15 is 0 Å². The molecule has 0 bridgehead atoms. The summed E-state index contributed by atoms with van der Waals surface area (Å²) in [5, 5.41) is -0.708. The fraction of sp³-hybridized carbons (Fsp3) is 0.143. The second kappa shape index (κ2) is 5.88. The summed E-state index contributed by atoms with van der Waals surface area (Å²) in [4.78, 5) is 0. The van der Waals surface area contributed by atoms with E-state index in [0.29, 0.717) is 15.8 Å². The molecule has 2 aromatic rings. The molecule has 0 heterocycles. The van der Waals surface area contributed by atoms with Crippen LogP contribution in [0.15, 0.2) is 40.9 Å². The van der Waals surface area contributed by atoms with Crippen molar-refractivity contribution in [1.82, 2.24) is 0 Å². The summed E-state index contributed by atoms with van der Waals surface area (Å²) in [6.07, 6.45) is 0.